The average molecular weight is 546 g/mol. The molecule has 0 unspecified atom stereocenters. The molecule has 2 aliphatic rings. The number of anilines is 2. The zero-order valence-corrected chi connectivity index (χ0v) is 23.8. The van der Waals surface area contributed by atoms with E-state index < -0.39 is 0 Å². The van der Waals surface area contributed by atoms with E-state index in [9.17, 15) is 9.59 Å². The van der Waals surface area contributed by atoms with Crippen LogP contribution in [-0.4, -0.2) is 41.9 Å². The lowest BCUT2D eigenvalue weighted by molar-refractivity contribution is -0.114. The first-order valence-corrected chi connectivity index (χ1v) is 15.1. The minimum Gasteiger partial charge on any atom is -0.325 e. The summed E-state index contributed by atoms with van der Waals surface area (Å²) < 4.78 is 0. The lowest BCUT2D eigenvalue weighted by Gasteiger charge is -2.45. The van der Waals surface area contributed by atoms with E-state index in [4.69, 9.17) is 0 Å². The maximum Gasteiger partial charge on any atom is 0.258 e. The van der Waals surface area contributed by atoms with Gasteiger partial charge in [-0.2, -0.15) is 0 Å². The third-order valence-corrected chi connectivity index (χ3v) is 8.98. The lowest BCUT2D eigenvalue weighted by Crippen LogP contribution is -2.52. The minimum absolute atomic E-state index is 0.0215. The molecule has 41 heavy (non-hydrogen) atoms. The molecule has 4 aromatic carbocycles. The molecule has 1 heterocycles. The Hall–Kier alpha value is -3.96. The number of benzene rings is 4. The van der Waals surface area contributed by atoms with E-state index in [0.29, 0.717) is 23.2 Å². The largest absolute Gasteiger partial charge is 0.325 e. The van der Waals surface area contributed by atoms with Crippen molar-refractivity contribution in [2.45, 2.75) is 63.5 Å². The molecular formula is C36H39N3O2. The fourth-order valence-corrected chi connectivity index (χ4v) is 7.03. The molecule has 1 saturated carbocycles. The van der Waals surface area contributed by atoms with Crippen LogP contribution in [0.2, 0.25) is 0 Å². The molecule has 1 aliphatic heterocycles. The zero-order valence-electron chi connectivity index (χ0n) is 23.8. The van der Waals surface area contributed by atoms with Crippen molar-refractivity contribution < 1.29 is 9.59 Å². The molecule has 2 atom stereocenters. The van der Waals surface area contributed by atoms with Gasteiger partial charge in [-0.05, 0) is 72.2 Å². The van der Waals surface area contributed by atoms with Crippen molar-refractivity contribution in [1.29, 1.82) is 0 Å². The molecule has 2 amide bonds. The quantitative estimate of drug-likeness (QED) is 0.271. The van der Waals surface area contributed by atoms with Gasteiger partial charge in [0.15, 0.2) is 0 Å². The van der Waals surface area contributed by atoms with Crippen molar-refractivity contribution in [1.82, 2.24) is 4.90 Å². The number of para-hydroxylation sites is 2. The molecule has 0 radical (unpaired) electrons. The second-order valence-electron chi connectivity index (χ2n) is 11.6. The van der Waals surface area contributed by atoms with Crippen LogP contribution in [0.3, 0.4) is 0 Å². The van der Waals surface area contributed by atoms with Gasteiger partial charge < -0.3 is 10.2 Å². The van der Waals surface area contributed by atoms with Gasteiger partial charge in [0.2, 0.25) is 5.91 Å². The van der Waals surface area contributed by atoms with Crippen LogP contribution < -0.4 is 10.2 Å². The second-order valence-corrected chi connectivity index (χ2v) is 11.6. The highest BCUT2D eigenvalue weighted by Gasteiger charge is 2.36. The van der Waals surface area contributed by atoms with E-state index in [0.717, 1.165) is 42.4 Å². The maximum absolute atomic E-state index is 14.3. The van der Waals surface area contributed by atoms with Crippen LogP contribution in [0.5, 0.6) is 0 Å². The van der Waals surface area contributed by atoms with Gasteiger partial charge in [-0.25, -0.2) is 0 Å². The average Bonchev–Trinajstić information content (AvgIpc) is 3.02. The molecule has 5 nitrogen and oxygen atoms in total. The number of rotatable bonds is 6. The van der Waals surface area contributed by atoms with Gasteiger partial charge in [0.05, 0.1) is 11.4 Å². The summed E-state index contributed by atoms with van der Waals surface area (Å²) in [6.07, 6.45) is 6.84. The third kappa shape index (κ3) is 5.91. The first-order chi connectivity index (χ1) is 20.1. The van der Waals surface area contributed by atoms with Crippen LogP contribution >= 0.6 is 0 Å². The molecular weight excluding hydrogens is 506 g/mol. The summed E-state index contributed by atoms with van der Waals surface area (Å²) in [4.78, 5) is 31.1. The Morgan fingerprint density at radius 3 is 2.22 bits per heavy atom. The highest BCUT2D eigenvalue weighted by atomic mass is 16.2. The van der Waals surface area contributed by atoms with Crippen molar-refractivity contribution in [3.8, 4) is 0 Å². The van der Waals surface area contributed by atoms with Crippen LogP contribution in [0.25, 0.3) is 10.8 Å². The number of nitrogens with zero attached hydrogens (tertiary/aromatic N) is 2. The zero-order chi connectivity index (χ0) is 28.2. The van der Waals surface area contributed by atoms with Crippen molar-refractivity contribution in [2.24, 2.45) is 0 Å². The molecule has 210 valence electrons. The van der Waals surface area contributed by atoms with Gasteiger partial charge >= 0.3 is 0 Å². The first-order valence-electron chi connectivity index (χ1n) is 15.1. The van der Waals surface area contributed by atoms with Crippen LogP contribution in [0, 0.1) is 0 Å². The summed E-state index contributed by atoms with van der Waals surface area (Å²) >= 11 is 0. The Morgan fingerprint density at radius 1 is 0.756 bits per heavy atom. The normalized spacial score (nSPS) is 20.0. The fraction of sp³-hybridized carbons (Fsp3) is 0.333. The van der Waals surface area contributed by atoms with Gasteiger partial charge in [-0.15, -0.1) is 0 Å². The van der Waals surface area contributed by atoms with Gasteiger partial charge in [0, 0.05) is 37.7 Å². The van der Waals surface area contributed by atoms with Gasteiger partial charge in [0.25, 0.3) is 5.91 Å². The smallest absolute Gasteiger partial charge is 0.258 e. The topological polar surface area (TPSA) is 52.7 Å². The maximum atomic E-state index is 14.3. The van der Waals surface area contributed by atoms with E-state index >= 15 is 0 Å². The molecule has 1 aliphatic carbocycles. The Balaban J connectivity index is 1.29. The predicted molar refractivity (Wildman–Crippen MR) is 168 cm³/mol. The summed E-state index contributed by atoms with van der Waals surface area (Å²) in [6, 6.07) is 33.4. The Labute approximate surface area is 243 Å². The molecule has 0 spiro atoms. The summed E-state index contributed by atoms with van der Waals surface area (Å²) in [6.45, 7) is 3.43. The molecule has 5 heteroatoms. The molecule has 0 aromatic heterocycles. The third-order valence-electron chi connectivity index (χ3n) is 8.98. The highest BCUT2D eigenvalue weighted by Crippen LogP contribution is 2.39. The van der Waals surface area contributed by atoms with E-state index in [1.54, 1.807) is 0 Å². The lowest BCUT2D eigenvalue weighted by atomic mass is 9.78. The van der Waals surface area contributed by atoms with Crippen molar-refractivity contribution >= 4 is 34.0 Å². The number of piperidine rings is 1. The Morgan fingerprint density at radius 2 is 1.44 bits per heavy atom. The van der Waals surface area contributed by atoms with E-state index in [1.807, 2.05) is 65.6 Å². The van der Waals surface area contributed by atoms with Gasteiger partial charge in [-0.3, -0.25) is 14.5 Å². The van der Waals surface area contributed by atoms with Crippen LogP contribution in [0.4, 0.5) is 11.4 Å². The number of nitrogens with one attached hydrogen (secondary N) is 1. The van der Waals surface area contributed by atoms with Crippen LogP contribution in [0.15, 0.2) is 97.1 Å². The van der Waals surface area contributed by atoms with Gasteiger partial charge in [-0.1, -0.05) is 85.6 Å². The number of amides is 2. The molecule has 4 aromatic rings. The number of carbonyl (C=O) groups is 2. The second kappa shape index (κ2) is 12.3. The number of carbonyl (C=O) groups excluding carboxylic acids is 2. The summed E-state index contributed by atoms with van der Waals surface area (Å²) in [7, 11) is 0. The molecule has 1 saturated heterocycles. The number of likely N-dealkylation sites (tertiary alicyclic amines) is 1. The number of hydrogen-bond acceptors (Lipinski definition) is 3. The summed E-state index contributed by atoms with van der Waals surface area (Å²) in [5.41, 5.74) is 3.56. The molecule has 6 rings (SSSR count). The van der Waals surface area contributed by atoms with Crippen molar-refractivity contribution in [3.05, 3.63) is 108 Å². The van der Waals surface area contributed by atoms with E-state index in [2.05, 4.69) is 46.6 Å². The summed E-state index contributed by atoms with van der Waals surface area (Å²) in [5.74, 6) is 0.402. The first kappa shape index (κ1) is 27.2. The summed E-state index contributed by atoms with van der Waals surface area (Å²) in [5, 5.41) is 5.13. The van der Waals surface area contributed by atoms with E-state index in [1.165, 1.54) is 38.2 Å². The highest BCUT2D eigenvalue weighted by molar-refractivity contribution is 6.10. The number of hydrogen-bond donors (Lipinski definition) is 1. The SMILES string of the molecule is CC(=O)Nc1ccccc1N(C(=O)c1ccc2ccccc2c1)C1CCN([C@@H]2CCCC[C@@H]2c2ccccc2)CC1. The fourth-order valence-electron chi connectivity index (χ4n) is 7.03. The van der Waals surface area contributed by atoms with Crippen molar-refractivity contribution in [3.63, 3.8) is 0 Å². The van der Waals surface area contributed by atoms with E-state index in [-0.39, 0.29) is 17.9 Å². The molecule has 0 bridgehead atoms. The predicted octanol–water partition coefficient (Wildman–Crippen LogP) is 7.64. The Kier molecular flexibility index (Phi) is 8.15. The Bertz CT molecular complexity index is 1510. The van der Waals surface area contributed by atoms with Crippen LogP contribution in [-0.2, 0) is 4.79 Å². The molecule has 1 N–H and O–H groups in total. The van der Waals surface area contributed by atoms with Gasteiger partial charge in [0.1, 0.15) is 0 Å². The van der Waals surface area contributed by atoms with Crippen molar-refractivity contribution in [2.75, 3.05) is 23.3 Å². The van der Waals surface area contributed by atoms with Crippen LogP contribution in [0.1, 0.15) is 67.3 Å². The standard InChI is InChI=1S/C36H39N3O2/c1-26(40)37-33-16-8-10-18-35(33)39(36(41)30-20-19-27-11-5-6-14-29(27)25-30)31-21-23-38(24-22-31)34-17-9-7-15-32(34)28-12-3-2-4-13-28/h2-6,8,10-14,16,18-20,25,31-32,34H,7,9,15,17,21-24H2,1H3,(H,37,40)/t32-,34-/m1/s1. The monoisotopic (exact) mass is 545 g/mol. The minimum atomic E-state index is -0.144. The number of fused-ring (bicyclic) bond motifs is 1. The molecule has 2 fully saturated rings.